The molecule has 0 amide bonds. The normalized spacial score (nSPS) is 27.3. The van der Waals surface area contributed by atoms with Crippen LogP contribution in [-0.2, 0) is 4.74 Å². The van der Waals surface area contributed by atoms with Gasteiger partial charge in [0.15, 0.2) is 0 Å². The maximum Gasteiger partial charge on any atom is 0.0478 e. The molecule has 0 spiro atoms. The molecule has 2 heteroatoms. The number of ether oxygens (including phenoxy) is 1. The van der Waals surface area contributed by atoms with Gasteiger partial charge in [0.25, 0.3) is 0 Å². The van der Waals surface area contributed by atoms with Crippen LogP contribution in [0.3, 0.4) is 0 Å². The van der Waals surface area contributed by atoms with Crippen molar-refractivity contribution in [2.75, 3.05) is 26.3 Å². The van der Waals surface area contributed by atoms with Crippen molar-refractivity contribution in [1.82, 2.24) is 4.90 Å². The second kappa shape index (κ2) is 8.92. The van der Waals surface area contributed by atoms with Crippen molar-refractivity contribution in [3.63, 3.8) is 0 Å². The van der Waals surface area contributed by atoms with Crippen molar-refractivity contribution in [1.29, 1.82) is 0 Å². The minimum Gasteiger partial charge on any atom is -0.381 e. The molecule has 0 atom stereocenters. The Morgan fingerprint density at radius 2 is 1.22 bits per heavy atom. The van der Waals surface area contributed by atoms with Crippen molar-refractivity contribution < 1.29 is 4.74 Å². The molecule has 0 aromatic heterocycles. The Morgan fingerprint density at radius 1 is 0.611 bits per heavy atom. The molecule has 2 nitrogen and oxygen atoms in total. The molecule has 0 N–H and O–H groups in total. The van der Waals surface area contributed by atoms with Gasteiger partial charge in [-0.2, -0.15) is 0 Å². The average molecular weight is 253 g/mol. The van der Waals surface area contributed by atoms with Crippen LogP contribution in [0.25, 0.3) is 0 Å². The maximum atomic E-state index is 5.63. The summed E-state index contributed by atoms with van der Waals surface area (Å²) >= 11 is 0. The summed E-state index contributed by atoms with van der Waals surface area (Å²) in [6, 6.07) is 0.876. The summed E-state index contributed by atoms with van der Waals surface area (Å²) in [4.78, 5) is 2.79. The van der Waals surface area contributed by atoms with E-state index in [4.69, 9.17) is 4.74 Å². The molecule has 1 aliphatic heterocycles. The summed E-state index contributed by atoms with van der Waals surface area (Å²) in [5, 5.41) is 0. The van der Waals surface area contributed by atoms with Gasteiger partial charge in [0.2, 0.25) is 0 Å². The van der Waals surface area contributed by atoms with Gasteiger partial charge in [0, 0.05) is 25.8 Å². The zero-order valence-electron chi connectivity index (χ0n) is 12.0. The average Bonchev–Trinajstić information content (AvgIpc) is 2.61. The Labute approximate surface area is 113 Å². The molecular weight excluding hydrogens is 222 g/mol. The molecule has 2 fully saturated rings. The highest BCUT2D eigenvalue weighted by molar-refractivity contribution is 4.74. The molecular formula is C16H31NO. The Morgan fingerprint density at radius 3 is 2.00 bits per heavy atom. The number of nitrogens with zero attached hydrogens (tertiary/aromatic N) is 1. The number of rotatable bonds is 1. The molecule has 2 rings (SSSR count). The van der Waals surface area contributed by atoms with Crippen LogP contribution in [0.5, 0.6) is 0 Å². The summed E-state index contributed by atoms with van der Waals surface area (Å²) in [7, 11) is 0. The molecule has 18 heavy (non-hydrogen) atoms. The van der Waals surface area contributed by atoms with E-state index in [-0.39, 0.29) is 0 Å². The molecule has 2 aliphatic rings. The quantitative estimate of drug-likeness (QED) is 0.700. The molecule has 0 bridgehead atoms. The van der Waals surface area contributed by atoms with Gasteiger partial charge < -0.3 is 9.64 Å². The van der Waals surface area contributed by atoms with Gasteiger partial charge in [0.1, 0.15) is 0 Å². The van der Waals surface area contributed by atoms with E-state index in [1.165, 1.54) is 83.7 Å². The fourth-order valence-electron chi connectivity index (χ4n) is 3.44. The smallest absolute Gasteiger partial charge is 0.0478 e. The van der Waals surface area contributed by atoms with E-state index in [0.717, 1.165) is 19.3 Å². The lowest BCUT2D eigenvalue weighted by Gasteiger charge is -2.31. The topological polar surface area (TPSA) is 12.5 Å². The van der Waals surface area contributed by atoms with E-state index in [2.05, 4.69) is 4.90 Å². The summed E-state index contributed by atoms with van der Waals surface area (Å²) in [5.74, 6) is 0. The largest absolute Gasteiger partial charge is 0.381 e. The highest BCUT2D eigenvalue weighted by atomic mass is 16.5. The SMILES string of the molecule is C1CCCCC(N2CCCCOCCC2)CCC1. The summed E-state index contributed by atoms with van der Waals surface area (Å²) in [6.45, 7) is 4.54. The molecule has 1 heterocycles. The zero-order chi connectivity index (χ0) is 12.5. The molecule has 0 aromatic rings. The second-order valence-corrected chi connectivity index (χ2v) is 6.06. The van der Waals surface area contributed by atoms with E-state index in [1.807, 2.05) is 0 Å². The van der Waals surface area contributed by atoms with Gasteiger partial charge in [-0.15, -0.1) is 0 Å². The van der Waals surface area contributed by atoms with Crippen LogP contribution in [0.4, 0.5) is 0 Å². The molecule has 1 saturated carbocycles. The highest BCUT2D eigenvalue weighted by Crippen LogP contribution is 2.22. The lowest BCUT2D eigenvalue weighted by Crippen LogP contribution is -2.37. The minimum atomic E-state index is 0.876. The molecule has 0 unspecified atom stereocenters. The first-order valence-corrected chi connectivity index (χ1v) is 8.28. The molecule has 0 aromatic carbocycles. The molecule has 1 saturated heterocycles. The lowest BCUT2D eigenvalue weighted by molar-refractivity contribution is 0.124. The van der Waals surface area contributed by atoms with Gasteiger partial charge in [-0.3, -0.25) is 0 Å². The number of hydrogen-bond donors (Lipinski definition) is 0. The lowest BCUT2D eigenvalue weighted by atomic mass is 10.0. The van der Waals surface area contributed by atoms with Crippen LogP contribution in [0.15, 0.2) is 0 Å². The van der Waals surface area contributed by atoms with E-state index in [9.17, 15) is 0 Å². The fraction of sp³-hybridized carbons (Fsp3) is 1.00. The summed E-state index contributed by atoms with van der Waals surface area (Å²) in [6.07, 6.45) is 15.5. The van der Waals surface area contributed by atoms with Crippen molar-refractivity contribution in [2.24, 2.45) is 0 Å². The van der Waals surface area contributed by atoms with Gasteiger partial charge >= 0.3 is 0 Å². The molecule has 106 valence electrons. The van der Waals surface area contributed by atoms with Gasteiger partial charge in [-0.25, -0.2) is 0 Å². The molecule has 0 radical (unpaired) electrons. The second-order valence-electron chi connectivity index (χ2n) is 6.06. The minimum absolute atomic E-state index is 0.876. The van der Waals surface area contributed by atoms with E-state index in [0.29, 0.717) is 0 Å². The predicted octanol–water partition coefficient (Wildman–Crippen LogP) is 3.99. The third kappa shape index (κ3) is 5.27. The summed E-state index contributed by atoms with van der Waals surface area (Å²) < 4.78 is 5.63. The van der Waals surface area contributed by atoms with E-state index in [1.54, 1.807) is 0 Å². The third-order valence-corrected chi connectivity index (χ3v) is 4.56. The Hall–Kier alpha value is -0.0800. The standard InChI is InChI=1S/C16H31NO/c1-2-4-6-11-16(10-5-3-1)17-12-7-8-14-18-15-9-13-17/h16H,1-15H2. The van der Waals surface area contributed by atoms with E-state index < -0.39 is 0 Å². The van der Waals surface area contributed by atoms with Crippen LogP contribution in [0.2, 0.25) is 0 Å². The first kappa shape index (κ1) is 14.3. The van der Waals surface area contributed by atoms with Crippen molar-refractivity contribution in [3.8, 4) is 0 Å². The van der Waals surface area contributed by atoms with Crippen molar-refractivity contribution in [3.05, 3.63) is 0 Å². The fourth-order valence-corrected chi connectivity index (χ4v) is 3.44. The summed E-state index contributed by atoms with van der Waals surface area (Å²) in [5.41, 5.74) is 0. The van der Waals surface area contributed by atoms with Crippen molar-refractivity contribution >= 4 is 0 Å². The zero-order valence-corrected chi connectivity index (χ0v) is 12.0. The first-order valence-electron chi connectivity index (χ1n) is 8.28. The first-order chi connectivity index (χ1) is 8.97. The van der Waals surface area contributed by atoms with Gasteiger partial charge in [0.05, 0.1) is 0 Å². The Kier molecular flexibility index (Phi) is 7.11. The van der Waals surface area contributed by atoms with Crippen LogP contribution in [0, 0.1) is 0 Å². The monoisotopic (exact) mass is 253 g/mol. The van der Waals surface area contributed by atoms with Gasteiger partial charge in [-0.1, -0.05) is 38.5 Å². The van der Waals surface area contributed by atoms with Crippen LogP contribution < -0.4 is 0 Å². The van der Waals surface area contributed by atoms with Crippen molar-refractivity contribution in [2.45, 2.75) is 76.7 Å². The number of hydrogen-bond acceptors (Lipinski definition) is 2. The Bertz CT molecular complexity index is 165. The predicted molar refractivity (Wildman–Crippen MR) is 77.0 cm³/mol. The van der Waals surface area contributed by atoms with Gasteiger partial charge in [-0.05, 0) is 38.6 Å². The van der Waals surface area contributed by atoms with Crippen LogP contribution in [0.1, 0.15) is 70.6 Å². The van der Waals surface area contributed by atoms with E-state index >= 15 is 0 Å². The van der Waals surface area contributed by atoms with Crippen LogP contribution >= 0.6 is 0 Å². The molecule has 1 aliphatic carbocycles. The highest BCUT2D eigenvalue weighted by Gasteiger charge is 2.18. The Balaban J connectivity index is 1.83. The maximum absolute atomic E-state index is 5.63. The third-order valence-electron chi connectivity index (χ3n) is 4.56. The van der Waals surface area contributed by atoms with Crippen LogP contribution in [-0.4, -0.2) is 37.2 Å².